The number of nitrogens with one attached hydrogen (secondary N) is 2. The summed E-state index contributed by atoms with van der Waals surface area (Å²) >= 11 is 0. The Bertz CT molecular complexity index is 829. The van der Waals surface area contributed by atoms with Gasteiger partial charge in [-0.15, -0.1) is 0 Å². The van der Waals surface area contributed by atoms with Gasteiger partial charge >= 0.3 is 0 Å². The van der Waals surface area contributed by atoms with Crippen LogP contribution in [0.1, 0.15) is 23.2 Å². The molecule has 0 radical (unpaired) electrons. The van der Waals surface area contributed by atoms with Crippen LogP contribution in [0.5, 0.6) is 5.75 Å². The molecule has 2 N–H and O–H groups in total. The van der Waals surface area contributed by atoms with Gasteiger partial charge in [0.2, 0.25) is 5.91 Å². The van der Waals surface area contributed by atoms with E-state index < -0.39 is 0 Å². The fraction of sp³-hybridized carbons (Fsp3) is 0.389. The van der Waals surface area contributed by atoms with Gasteiger partial charge in [-0.2, -0.15) is 5.10 Å². The topological polar surface area (TPSA) is 87.3 Å². The van der Waals surface area contributed by atoms with Gasteiger partial charge in [-0.1, -0.05) is 6.07 Å². The van der Waals surface area contributed by atoms with Crippen LogP contribution < -0.4 is 15.0 Å². The molecule has 0 spiro atoms. The number of aryl methyl sites for hydroxylation is 2. The van der Waals surface area contributed by atoms with Crippen LogP contribution in [-0.2, 0) is 22.4 Å². The molecule has 25 heavy (non-hydrogen) atoms. The number of ether oxygens (including phenoxy) is 1. The van der Waals surface area contributed by atoms with Crippen LogP contribution in [0.3, 0.4) is 0 Å². The molecular weight excluding hydrogens is 320 g/mol. The molecule has 0 saturated carbocycles. The number of fused-ring (bicyclic) bond motifs is 2. The molecule has 1 aromatic carbocycles. The van der Waals surface area contributed by atoms with Gasteiger partial charge in [-0.25, -0.2) is 0 Å². The van der Waals surface area contributed by atoms with Crippen LogP contribution in [0.15, 0.2) is 24.4 Å². The number of nitrogens with zero attached hydrogens (tertiary/aromatic N) is 2. The van der Waals surface area contributed by atoms with Gasteiger partial charge in [0.15, 0.2) is 6.61 Å². The molecule has 2 aromatic rings. The summed E-state index contributed by atoms with van der Waals surface area (Å²) in [5.74, 6) is 0.279. The third-order valence-corrected chi connectivity index (χ3v) is 4.74. The molecule has 2 aliphatic rings. The Hall–Kier alpha value is -2.83. The fourth-order valence-electron chi connectivity index (χ4n) is 3.43. The first kappa shape index (κ1) is 15.7. The van der Waals surface area contributed by atoms with Crippen molar-refractivity contribution in [3.05, 3.63) is 41.2 Å². The predicted octanol–water partition coefficient (Wildman–Crippen LogP) is 1.12. The first-order valence-corrected chi connectivity index (χ1v) is 8.44. The summed E-state index contributed by atoms with van der Waals surface area (Å²) in [6.45, 7) is 1.91. The Morgan fingerprint density at radius 2 is 2.36 bits per heavy atom. The lowest BCUT2D eigenvalue weighted by molar-refractivity contribution is -0.125. The normalized spacial score (nSPS) is 19.0. The minimum Gasteiger partial charge on any atom is -0.482 e. The molecule has 1 aromatic heterocycles. The maximum absolute atomic E-state index is 12.5. The van der Waals surface area contributed by atoms with E-state index in [1.165, 1.54) is 10.5 Å². The number of aromatic nitrogens is 2. The Morgan fingerprint density at radius 3 is 3.24 bits per heavy atom. The van der Waals surface area contributed by atoms with E-state index in [1.54, 1.807) is 0 Å². The number of hydrogen-bond donors (Lipinski definition) is 2. The van der Waals surface area contributed by atoms with E-state index in [-0.39, 0.29) is 31.0 Å². The molecule has 0 bridgehead atoms. The third kappa shape index (κ3) is 3.09. The lowest BCUT2D eigenvalue weighted by Crippen LogP contribution is -2.48. The quantitative estimate of drug-likeness (QED) is 0.876. The van der Waals surface area contributed by atoms with Crippen molar-refractivity contribution in [3.8, 4) is 5.75 Å². The van der Waals surface area contributed by atoms with Gasteiger partial charge in [0.05, 0.1) is 11.9 Å². The number of aromatic amines is 1. The first-order valence-electron chi connectivity index (χ1n) is 8.44. The molecule has 7 nitrogen and oxygen atoms in total. The molecule has 130 valence electrons. The summed E-state index contributed by atoms with van der Waals surface area (Å²) in [5, 5.41) is 10.1. The average Bonchev–Trinajstić information content (AvgIpc) is 3.05. The van der Waals surface area contributed by atoms with E-state index in [2.05, 4.69) is 15.5 Å². The van der Waals surface area contributed by atoms with Gasteiger partial charge in [-0.05, 0) is 43.0 Å². The highest BCUT2D eigenvalue weighted by atomic mass is 16.5. The average molecular weight is 340 g/mol. The Balaban J connectivity index is 1.44. The SMILES string of the molecule is Cc1ccc2c(c1)N(CC(=O)NC1CCc3cn[nH]c3C1)C(=O)CO2. The molecular formula is C18H20N4O3. The van der Waals surface area contributed by atoms with E-state index in [4.69, 9.17) is 4.74 Å². The van der Waals surface area contributed by atoms with Gasteiger partial charge in [0, 0.05) is 18.2 Å². The van der Waals surface area contributed by atoms with Crippen molar-refractivity contribution >= 4 is 17.5 Å². The van der Waals surface area contributed by atoms with Crippen molar-refractivity contribution in [2.75, 3.05) is 18.1 Å². The summed E-state index contributed by atoms with van der Waals surface area (Å²) in [6, 6.07) is 5.70. The summed E-state index contributed by atoms with van der Waals surface area (Å²) in [4.78, 5) is 26.2. The monoisotopic (exact) mass is 340 g/mol. The second kappa shape index (κ2) is 6.23. The smallest absolute Gasteiger partial charge is 0.265 e. The highest BCUT2D eigenvalue weighted by Crippen LogP contribution is 2.32. The predicted molar refractivity (Wildman–Crippen MR) is 91.6 cm³/mol. The summed E-state index contributed by atoms with van der Waals surface area (Å²) in [6.07, 6.45) is 4.37. The van der Waals surface area contributed by atoms with Crippen molar-refractivity contribution < 1.29 is 14.3 Å². The molecule has 1 unspecified atom stereocenters. The maximum atomic E-state index is 12.5. The molecule has 0 saturated heterocycles. The molecule has 1 aliphatic carbocycles. The van der Waals surface area contributed by atoms with Crippen molar-refractivity contribution in [1.29, 1.82) is 0 Å². The van der Waals surface area contributed by atoms with Gasteiger partial charge in [0.1, 0.15) is 12.3 Å². The summed E-state index contributed by atoms with van der Waals surface area (Å²) in [5.41, 5.74) is 3.98. The van der Waals surface area contributed by atoms with Crippen LogP contribution in [0.4, 0.5) is 5.69 Å². The van der Waals surface area contributed by atoms with Crippen LogP contribution >= 0.6 is 0 Å². The summed E-state index contributed by atoms with van der Waals surface area (Å²) in [7, 11) is 0. The van der Waals surface area contributed by atoms with Crippen molar-refractivity contribution in [3.63, 3.8) is 0 Å². The minimum absolute atomic E-state index is 0.00494. The van der Waals surface area contributed by atoms with E-state index in [0.29, 0.717) is 11.4 Å². The van der Waals surface area contributed by atoms with Gasteiger partial charge in [-0.3, -0.25) is 19.6 Å². The lowest BCUT2D eigenvalue weighted by Gasteiger charge is -2.30. The van der Waals surface area contributed by atoms with E-state index >= 15 is 0 Å². The van der Waals surface area contributed by atoms with Crippen LogP contribution in [0.25, 0.3) is 0 Å². The number of rotatable bonds is 3. The van der Waals surface area contributed by atoms with Crippen LogP contribution in [0.2, 0.25) is 0 Å². The highest BCUT2D eigenvalue weighted by Gasteiger charge is 2.29. The highest BCUT2D eigenvalue weighted by molar-refractivity contribution is 6.02. The number of benzene rings is 1. The van der Waals surface area contributed by atoms with Crippen molar-refractivity contribution in [2.45, 2.75) is 32.2 Å². The number of amides is 2. The standard InChI is InChI=1S/C18H20N4O3/c1-11-2-5-16-15(6-11)22(18(24)10-25-16)9-17(23)20-13-4-3-12-8-19-21-14(12)7-13/h2,5-6,8,13H,3-4,7,9-10H2,1H3,(H,19,21)(H,20,23). The van der Waals surface area contributed by atoms with Crippen LogP contribution in [0, 0.1) is 6.92 Å². The van der Waals surface area contributed by atoms with Crippen LogP contribution in [-0.4, -0.2) is 41.2 Å². The second-order valence-corrected chi connectivity index (χ2v) is 6.62. The van der Waals surface area contributed by atoms with Crippen molar-refractivity contribution in [1.82, 2.24) is 15.5 Å². The first-order chi connectivity index (χ1) is 12.1. The maximum Gasteiger partial charge on any atom is 0.265 e. The molecule has 7 heteroatoms. The number of carbonyl (C=O) groups excluding carboxylic acids is 2. The molecule has 1 aliphatic heterocycles. The molecule has 4 rings (SSSR count). The fourth-order valence-corrected chi connectivity index (χ4v) is 3.43. The number of carbonyl (C=O) groups is 2. The zero-order valence-electron chi connectivity index (χ0n) is 14.0. The summed E-state index contributed by atoms with van der Waals surface area (Å²) < 4.78 is 5.45. The lowest BCUT2D eigenvalue weighted by atomic mass is 9.94. The van der Waals surface area contributed by atoms with Crippen molar-refractivity contribution in [2.24, 2.45) is 0 Å². The Labute approximate surface area is 145 Å². The molecule has 2 heterocycles. The van der Waals surface area contributed by atoms with E-state index in [9.17, 15) is 9.59 Å². The second-order valence-electron chi connectivity index (χ2n) is 6.62. The molecule has 1 atom stereocenters. The molecule has 0 fully saturated rings. The number of H-pyrrole nitrogens is 1. The minimum atomic E-state index is -0.201. The van der Waals surface area contributed by atoms with Gasteiger partial charge < -0.3 is 10.1 Å². The third-order valence-electron chi connectivity index (χ3n) is 4.74. The number of hydrogen-bond acceptors (Lipinski definition) is 4. The Morgan fingerprint density at radius 1 is 1.48 bits per heavy atom. The largest absolute Gasteiger partial charge is 0.482 e. The zero-order chi connectivity index (χ0) is 17.4. The zero-order valence-corrected chi connectivity index (χ0v) is 14.0. The molecule has 2 amide bonds. The van der Waals surface area contributed by atoms with E-state index in [0.717, 1.165) is 30.5 Å². The number of anilines is 1. The Kier molecular flexibility index (Phi) is 3.91. The van der Waals surface area contributed by atoms with E-state index in [1.807, 2.05) is 31.3 Å². The van der Waals surface area contributed by atoms with Gasteiger partial charge in [0.25, 0.3) is 5.91 Å².